The van der Waals surface area contributed by atoms with E-state index in [1.807, 2.05) is 13.8 Å². The van der Waals surface area contributed by atoms with Crippen LogP contribution in [0.2, 0.25) is 0 Å². The van der Waals surface area contributed by atoms with Crippen LogP contribution in [0.5, 0.6) is 0 Å². The highest BCUT2D eigenvalue weighted by Crippen LogP contribution is 2.44. The van der Waals surface area contributed by atoms with E-state index in [0.717, 1.165) is 17.4 Å². The molecule has 1 aromatic rings. The van der Waals surface area contributed by atoms with Crippen LogP contribution in [0, 0.1) is 5.92 Å². The summed E-state index contributed by atoms with van der Waals surface area (Å²) in [7, 11) is -3.09. The quantitative estimate of drug-likeness (QED) is 0.749. The van der Waals surface area contributed by atoms with E-state index in [9.17, 15) is 13.2 Å². The van der Waals surface area contributed by atoms with E-state index in [2.05, 4.69) is 0 Å². The average Bonchev–Trinajstić information content (AvgIpc) is 2.57. The van der Waals surface area contributed by atoms with Crippen molar-refractivity contribution < 1.29 is 13.2 Å². The maximum atomic E-state index is 11.9. The minimum Gasteiger partial charge on any atom is -0.297 e. The number of carbonyl (C=O) groups is 1. The Morgan fingerprint density at radius 3 is 2.73 bits per heavy atom. The van der Waals surface area contributed by atoms with Crippen molar-refractivity contribution in [3.05, 3.63) is 21.4 Å². The fraction of sp³-hybridized carbons (Fsp3) is 0.500. The van der Waals surface area contributed by atoms with Gasteiger partial charge in [-0.1, -0.05) is 13.8 Å². The third-order valence-corrected chi connectivity index (χ3v) is 5.92. The Kier molecular flexibility index (Phi) is 2.47. The summed E-state index contributed by atoms with van der Waals surface area (Å²) in [5, 5.41) is 1.30. The lowest BCUT2D eigenvalue weighted by Crippen LogP contribution is -2.14. The molecular formula is C10H12O3S2. The molecule has 0 fully saturated rings. The number of thiophene rings is 1. The Balaban J connectivity index is 2.64. The largest absolute Gasteiger partial charge is 0.297 e. The first-order valence-electron chi connectivity index (χ1n) is 4.74. The maximum Gasteiger partial charge on any atom is 0.161 e. The number of sulfone groups is 1. The first kappa shape index (κ1) is 10.8. The zero-order valence-electron chi connectivity index (χ0n) is 8.56. The Hall–Kier alpha value is -0.680. The van der Waals surface area contributed by atoms with Crippen molar-refractivity contribution in [3.8, 4) is 0 Å². The number of hydrogen-bond donors (Lipinski definition) is 0. The molecule has 0 spiro atoms. The summed E-state index contributed by atoms with van der Waals surface area (Å²) in [6.45, 7) is 3.76. The lowest BCUT2D eigenvalue weighted by Gasteiger charge is -2.14. The molecule has 1 aliphatic heterocycles. The Morgan fingerprint density at radius 2 is 2.20 bits per heavy atom. The fourth-order valence-electron chi connectivity index (χ4n) is 2.18. The molecule has 0 amide bonds. The molecule has 0 saturated heterocycles. The van der Waals surface area contributed by atoms with E-state index < -0.39 is 15.1 Å². The van der Waals surface area contributed by atoms with Crippen LogP contribution in [0.3, 0.4) is 0 Å². The second-order valence-electron chi connectivity index (χ2n) is 4.13. The second kappa shape index (κ2) is 3.42. The van der Waals surface area contributed by atoms with Crippen molar-refractivity contribution in [2.45, 2.75) is 24.9 Å². The molecular weight excluding hydrogens is 232 g/mol. The zero-order chi connectivity index (χ0) is 11.2. The summed E-state index contributed by atoms with van der Waals surface area (Å²) in [5.41, 5.74) is 1.57. The Bertz CT molecular complexity index is 497. The fourth-order valence-corrected chi connectivity index (χ4v) is 5.60. The molecule has 0 aromatic carbocycles. The molecule has 0 radical (unpaired) electrons. The molecule has 1 aromatic heterocycles. The van der Waals surface area contributed by atoms with E-state index in [-0.39, 0.29) is 11.7 Å². The molecule has 2 rings (SSSR count). The van der Waals surface area contributed by atoms with Gasteiger partial charge in [-0.15, -0.1) is 11.3 Å². The number of hydrogen-bond acceptors (Lipinski definition) is 4. The number of fused-ring (bicyclic) bond motifs is 1. The van der Waals surface area contributed by atoms with E-state index in [4.69, 9.17) is 0 Å². The Morgan fingerprint density at radius 1 is 1.53 bits per heavy atom. The molecule has 1 unspecified atom stereocenters. The predicted molar refractivity (Wildman–Crippen MR) is 59.9 cm³/mol. The number of aldehydes is 1. The highest BCUT2D eigenvalue weighted by molar-refractivity contribution is 7.91. The van der Waals surface area contributed by atoms with Gasteiger partial charge in [-0.25, -0.2) is 8.42 Å². The van der Waals surface area contributed by atoms with E-state index in [1.165, 1.54) is 11.3 Å². The first-order chi connectivity index (χ1) is 6.97. The molecule has 1 atom stereocenters. The van der Waals surface area contributed by atoms with Crippen LogP contribution < -0.4 is 0 Å². The van der Waals surface area contributed by atoms with E-state index >= 15 is 0 Å². The van der Waals surface area contributed by atoms with Crippen LogP contribution in [0.4, 0.5) is 0 Å². The van der Waals surface area contributed by atoms with Gasteiger partial charge in [-0.2, -0.15) is 0 Å². The SMILES string of the molecule is CC(C)C1c2c(csc2C=O)CS1(=O)=O. The van der Waals surface area contributed by atoms with Gasteiger partial charge in [0.05, 0.1) is 15.9 Å². The van der Waals surface area contributed by atoms with Gasteiger partial charge in [0.15, 0.2) is 16.1 Å². The predicted octanol–water partition coefficient (Wildman–Crippen LogP) is 2.19. The molecule has 0 aliphatic carbocycles. The average molecular weight is 244 g/mol. The third-order valence-electron chi connectivity index (χ3n) is 2.68. The van der Waals surface area contributed by atoms with Gasteiger partial charge in [-0.05, 0) is 22.4 Å². The smallest absolute Gasteiger partial charge is 0.161 e. The maximum absolute atomic E-state index is 11.9. The van der Waals surface area contributed by atoms with Crippen LogP contribution >= 0.6 is 11.3 Å². The van der Waals surface area contributed by atoms with Gasteiger partial charge in [0, 0.05) is 0 Å². The van der Waals surface area contributed by atoms with Crippen LogP contribution in [0.15, 0.2) is 5.38 Å². The number of carbonyl (C=O) groups excluding carboxylic acids is 1. The van der Waals surface area contributed by atoms with Gasteiger partial charge < -0.3 is 0 Å². The molecule has 15 heavy (non-hydrogen) atoms. The molecule has 0 saturated carbocycles. The normalized spacial score (nSPS) is 23.0. The highest BCUT2D eigenvalue weighted by Gasteiger charge is 2.41. The standard InChI is InChI=1S/C10H12O3S2/c1-6(2)10-9-7(5-15(10,12)13)4-14-8(9)3-11/h3-4,6,10H,5H2,1-2H3. The first-order valence-corrected chi connectivity index (χ1v) is 7.34. The van der Waals surface area contributed by atoms with Gasteiger partial charge in [0.1, 0.15) is 0 Å². The molecule has 5 heteroatoms. The second-order valence-corrected chi connectivity index (χ2v) is 7.16. The van der Waals surface area contributed by atoms with Crippen molar-refractivity contribution >= 4 is 27.5 Å². The molecule has 1 aliphatic rings. The van der Waals surface area contributed by atoms with Gasteiger partial charge in [0.25, 0.3) is 0 Å². The zero-order valence-corrected chi connectivity index (χ0v) is 10.2. The highest BCUT2D eigenvalue weighted by atomic mass is 32.2. The molecule has 0 N–H and O–H groups in total. The molecule has 0 bridgehead atoms. The third kappa shape index (κ3) is 1.54. The van der Waals surface area contributed by atoms with Crippen molar-refractivity contribution in [1.29, 1.82) is 0 Å². The monoisotopic (exact) mass is 244 g/mol. The minimum atomic E-state index is -3.09. The van der Waals surface area contributed by atoms with Crippen LogP contribution in [-0.2, 0) is 15.6 Å². The lowest BCUT2D eigenvalue weighted by atomic mass is 10.0. The van der Waals surface area contributed by atoms with E-state index in [0.29, 0.717) is 4.88 Å². The topological polar surface area (TPSA) is 51.2 Å². The van der Waals surface area contributed by atoms with Crippen LogP contribution in [-0.4, -0.2) is 14.7 Å². The molecule has 3 nitrogen and oxygen atoms in total. The number of rotatable bonds is 2. The van der Waals surface area contributed by atoms with E-state index in [1.54, 1.807) is 5.38 Å². The van der Waals surface area contributed by atoms with Crippen molar-refractivity contribution in [2.75, 3.05) is 0 Å². The van der Waals surface area contributed by atoms with Gasteiger partial charge in [0.2, 0.25) is 0 Å². The van der Waals surface area contributed by atoms with Gasteiger partial charge >= 0.3 is 0 Å². The summed E-state index contributed by atoms with van der Waals surface area (Å²) in [6, 6.07) is 0. The van der Waals surface area contributed by atoms with Crippen molar-refractivity contribution in [2.24, 2.45) is 5.92 Å². The van der Waals surface area contributed by atoms with Gasteiger partial charge in [-0.3, -0.25) is 4.79 Å². The molecule has 2 heterocycles. The minimum absolute atomic E-state index is 0.0181. The molecule has 82 valence electrons. The van der Waals surface area contributed by atoms with Crippen LogP contribution in [0.25, 0.3) is 0 Å². The Labute approximate surface area is 93.0 Å². The van der Waals surface area contributed by atoms with Crippen molar-refractivity contribution in [3.63, 3.8) is 0 Å². The van der Waals surface area contributed by atoms with Crippen LogP contribution in [0.1, 0.15) is 39.9 Å². The summed E-state index contributed by atoms with van der Waals surface area (Å²) in [4.78, 5) is 11.4. The van der Waals surface area contributed by atoms with Crippen molar-refractivity contribution in [1.82, 2.24) is 0 Å². The summed E-state index contributed by atoms with van der Waals surface area (Å²) in [5.74, 6) is 0.111. The summed E-state index contributed by atoms with van der Waals surface area (Å²) in [6.07, 6.45) is 0.764. The lowest BCUT2D eigenvalue weighted by molar-refractivity contribution is 0.112. The summed E-state index contributed by atoms with van der Waals surface area (Å²) >= 11 is 1.34. The summed E-state index contributed by atoms with van der Waals surface area (Å²) < 4.78 is 23.8.